The lowest BCUT2D eigenvalue weighted by atomic mass is 9.87. The highest BCUT2D eigenvalue weighted by molar-refractivity contribution is 6.25. The molecule has 0 atom stereocenters. The lowest BCUT2D eigenvalue weighted by molar-refractivity contribution is -0.120. The van der Waals surface area contributed by atoms with Gasteiger partial charge in [0.15, 0.2) is 11.6 Å². The van der Waals surface area contributed by atoms with Gasteiger partial charge >= 0.3 is 0 Å². The first-order valence-corrected chi connectivity index (χ1v) is 11.2. The maximum Gasteiger partial charge on any atom is 0.222 e. The van der Waals surface area contributed by atoms with Gasteiger partial charge in [0.25, 0.3) is 0 Å². The van der Waals surface area contributed by atoms with Crippen LogP contribution in [-0.2, 0) is 22.4 Å². The molecule has 2 N–H and O–H groups in total. The molecule has 1 aliphatic heterocycles. The normalized spacial score (nSPS) is 16.8. The molecule has 9 heteroatoms. The first-order valence-electron chi connectivity index (χ1n) is 11.2. The van der Waals surface area contributed by atoms with Gasteiger partial charge in [-0.3, -0.25) is 14.5 Å². The molecule has 174 valence electrons. The monoisotopic (exact) mass is 452 g/mol. The Labute approximate surface area is 192 Å². The Morgan fingerprint density at radius 3 is 2.58 bits per heavy atom. The zero-order valence-electron chi connectivity index (χ0n) is 19.0. The number of Topliss-reactive ketones (excluding diaryl/α,β-unsaturated/α-hetero) is 2. The highest BCUT2D eigenvalue weighted by atomic mass is 19.1. The summed E-state index contributed by atoms with van der Waals surface area (Å²) in [7, 11) is 3.81. The van der Waals surface area contributed by atoms with E-state index in [1.165, 1.54) is 18.2 Å². The van der Waals surface area contributed by atoms with E-state index in [2.05, 4.69) is 37.4 Å². The summed E-state index contributed by atoms with van der Waals surface area (Å²) in [6.45, 7) is 5.94. The van der Waals surface area contributed by atoms with E-state index in [4.69, 9.17) is 0 Å². The summed E-state index contributed by atoms with van der Waals surface area (Å²) in [4.78, 5) is 38.7. The van der Waals surface area contributed by atoms with Crippen molar-refractivity contribution in [2.24, 2.45) is 0 Å². The van der Waals surface area contributed by atoms with Gasteiger partial charge in [-0.05, 0) is 41.9 Å². The number of piperazine rings is 1. The molecule has 0 unspecified atom stereocenters. The van der Waals surface area contributed by atoms with E-state index < -0.39 is 5.82 Å². The molecule has 2 aromatic rings. The van der Waals surface area contributed by atoms with Crippen molar-refractivity contribution in [3.63, 3.8) is 0 Å². The number of anilines is 2. The van der Waals surface area contributed by atoms with Gasteiger partial charge in [0.05, 0.1) is 5.57 Å². The lowest BCUT2D eigenvalue weighted by Crippen LogP contribution is -2.45. The van der Waals surface area contributed by atoms with Crippen molar-refractivity contribution in [3.05, 3.63) is 52.6 Å². The summed E-state index contributed by atoms with van der Waals surface area (Å²) >= 11 is 0. The number of rotatable bonds is 8. The summed E-state index contributed by atoms with van der Waals surface area (Å²) in [5.41, 5.74) is 2.53. The smallest absolute Gasteiger partial charge is 0.222 e. The minimum atomic E-state index is -0.417. The Kier molecular flexibility index (Phi) is 7.10. The second kappa shape index (κ2) is 10.2. The molecule has 0 saturated carbocycles. The van der Waals surface area contributed by atoms with E-state index in [9.17, 15) is 14.0 Å². The third-order valence-corrected chi connectivity index (χ3v) is 6.13. The highest BCUT2D eigenvalue weighted by Crippen LogP contribution is 2.30. The largest absolute Gasteiger partial charge is 0.388 e. The SMILES string of the molecule is CNc1cc(F)cc2c1CC(=O)C(C(=O)Cc1cnc(NCCN3CCN(C)CC3)nc1)=C2. The quantitative estimate of drug-likeness (QED) is 0.585. The molecule has 1 saturated heterocycles. The number of ketones is 2. The second-order valence-corrected chi connectivity index (χ2v) is 8.52. The van der Waals surface area contributed by atoms with Crippen molar-refractivity contribution >= 4 is 29.3 Å². The summed E-state index contributed by atoms with van der Waals surface area (Å²) in [5.74, 6) is -0.490. The topological polar surface area (TPSA) is 90.5 Å². The van der Waals surface area contributed by atoms with E-state index in [1.807, 2.05) is 0 Å². The van der Waals surface area contributed by atoms with Crippen LogP contribution in [0.2, 0.25) is 0 Å². The number of hydrogen-bond acceptors (Lipinski definition) is 8. The van der Waals surface area contributed by atoms with Crippen LogP contribution in [0.1, 0.15) is 16.7 Å². The minimum absolute atomic E-state index is 0.0166. The van der Waals surface area contributed by atoms with Crippen molar-refractivity contribution in [1.29, 1.82) is 0 Å². The van der Waals surface area contributed by atoms with Crippen molar-refractivity contribution in [2.45, 2.75) is 12.8 Å². The molecule has 0 radical (unpaired) electrons. The molecule has 1 fully saturated rings. The predicted octanol–water partition coefficient (Wildman–Crippen LogP) is 1.64. The van der Waals surface area contributed by atoms with Gasteiger partial charge in [0.1, 0.15) is 5.82 Å². The minimum Gasteiger partial charge on any atom is -0.388 e. The average Bonchev–Trinajstić information content (AvgIpc) is 2.81. The third kappa shape index (κ3) is 5.61. The van der Waals surface area contributed by atoms with Crippen LogP contribution in [0.25, 0.3) is 6.08 Å². The fourth-order valence-electron chi connectivity index (χ4n) is 4.15. The molecule has 1 aromatic carbocycles. The highest BCUT2D eigenvalue weighted by Gasteiger charge is 2.26. The number of nitrogens with zero attached hydrogens (tertiary/aromatic N) is 4. The number of hydrogen-bond donors (Lipinski definition) is 2. The van der Waals surface area contributed by atoms with Crippen LogP contribution in [-0.4, -0.2) is 84.7 Å². The number of aromatic nitrogens is 2. The maximum atomic E-state index is 13.9. The van der Waals surface area contributed by atoms with Crippen LogP contribution in [0.15, 0.2) is 30.1 Å². The molecule has 1 aromatic heterocycles. The Hall–Kier alpha value is -3.17. The average molecular weight is 453 g/mol. The second-order valence-electron chi connectivity index (χ2n) is 8.52. The Morgan fingerprint density at radius 1 is 1.15 bits per heavy atom. The molecular weight excluding hydrogens is 423 g/mol. The number of benzene rings is 1. The van der Waals surface area contributed by atoms with Gasteiger partial charge in [-0.15, -0.1) is 0 Å². The van der Waals surface area contributed by atoms with Gasteiger partial charge in [-0.2, -0.15) is 0 Å². The van der Waals surface area contributed by atoms with E-state index in [0.29, 0.717) is 28.3 Å². The standard InChI is InChI=1S/C24H29FN6O2/c1-26-21-12-18(25)10-17-11-20(23(33)13-19(17)21)22(32)9-16-14-28-24(29-15-16)27-3-4-31-7-5-30(2)6-8-31/h10-12,14-15,26H,3-9,13H2,1-2H3,(H,27,28,29). The number of carbonyl (C=O) groups is 2. The molecule has 2 aliphatic rings. The fraction of sp³-hybridized carbons (Fsp3) is 0.417. The van der Waals surface area contributed by atoms with Gasteiger partial charge in [-0.25, -0.2) is 14.4 Å². The summed E-state index contributed by atoms with van der Waals surface area (Å²) in [5, 5.41) is 6.12. The third-order valence-electron chi connectivity index (χ3n) is 6.13. The number of likely N-dealkylation sites (N-methyl/N-ethyl adjacent to an activating group) is 1. The number of fused-ring (bicyclic) bond motifs is 1. The van der Waals surface area contributed by atoms with Gasteiger partial charge < -0.3 is 15.5 Å². The van der Waals surface area contributed by atoms with Gasteiger partial charge in [-0.1, -0.05) is 0 Å². The predicted molar refractivity (Wildman–Crippen MR) is 126 cm³/mol. The van der Waals surface area contributed by atoms with Crippen molar-refractivity contribution in [3.8, 4) is 0 Å². The maximum absolute atomic E-state index is 13.9. The summed E-state index contributed by atoms with van der Waals surface area (Å²) in [6.07, 6.45) is 4.77. The molecule has 1 aliphatic carbocycles. The Morgan fingerprint density at radius 2 is 1.88 bits per heavy atom. The van der Waals surface area contributed by atoms with Crippen molar-refractivity contribution < 1.29 is 14.0 Å². The zero-order chi connectivity index (χ0) is 23.4. The number of allylic oxidation sites excluding steroid dienone is 1. The fourth-order valence-corrected chi connectivity index (χ4v) is 4.15. The molecule has 2 heterocycles. The molecule has 8 nitrogen and oxygen atoms in total. The van der Waals surface area contributed by atoms with E-state index in [0.717, 1.165) is 39.3 Å². The van der Waals surface area contributed by atoms with E-state index in [-0.39, 0.29) is 30.0 Å². The summed E-state index contributed by atoms with van der Waals surface area (Å²) in [6, 6.07) is 2.70. The van der Waals surface area contributed by atoms with Crippen molar-refractivity contribution in [1.82, 2.24) is 19.8 Å². The number of carbonyl (C=O) groups excluding carboxylic acids is 2. The molecular formula is C24H29FN6O2. The van der Waals surface area contributed by atoms with Crippen LogP contribution in [0.4, 0.5) is 16.0 Å². The molecule has 0 amide bonds. The van der Waals surface area contributed by atoms with Crippen molar-refractivity contribution in [2.75, 3.05) is 64.0 Å². The molecule has 0 bridgehead atoms. The molecule has 0 spiro atoms. The van der Waals surface area contributed by atoms with Crippen LogP contribution in [0.5, 0.6) is 0 Å². The first-order chi connectivity index (χ1) is 15.9. The molecule has 33 heavy (non-hydrogen) atoms. The van der Waals surface area contributed by atoms with Crippen LogP contribution in [0.3, 0.4) is 0 Å². The first kappa shape index (κ1) is 23.0. The summed E-state index contributed by atoms with van der Waals surface area (Å²) < 4.78 is 13.9. The number of nitrogens with one attached hydrogen (secondary N) is 2. The Bertz CT molecular complexity index is 1060. The van der Waals surface area contributed by atoms with Gasteiger partial charge in [0.2, 0.25) is 5.95 Å². The zero-order valence-corrected chi connectivity index (χ0v) is 19.0. The van der Waals surface area contributed by atoms with Crippen LogP contribution >= 0.6 is 0 Å². The molecule has 4 rings (SSSR count). The van der Waals surface area contributed by atoms with Gasteiger partial charge in [0, 0.05) is 77.2 Å². The van der Waals surface area contributed by atoms with Crippen LogP contribution < -0.4 is 10.6 Å². The van der Waals surface area contributed by atoms with E-state index >= 15 is 0 Å². The Balaban J connectivity index is 1.35. The number of halogens is 1. The lowest BCUT2D eigenvalue weighted by Gasteiger charge is -2.32. The van der Waals surface area contributed by atoms with Crippen LogP contribution in [0, 0.1) is 5.82 Å². The van der Waals surface area contributed by atoms with E-state index in [1.54, 1.807) is 19.4 Å².